The van der Waals surface area contributed by atoms with Crippen LogP contribution < -0.4 is 5.32 Å². The zero-order valence-electron chi connectivity index (χ0n) is 9.54. The van der Waals surface area contributed by atoms with Crippen LogP contribution in [0, 0.1) is 5.82 Å². The molecule has 0 atom stereocenters. The molecule has 2 aromatic rings. The van der Waals surface area contributed by atoms with Crippen LogP contribution >= 0.6 is 27.5 Å². The van der Waals surface area contributed by atoms with Gasteiger partial charge in [-0.25, -0.2) is 14.4 Å². The van der Waals surface area contributed by atoms with Gasteiger partial charge in [0.2, 0.25) is 0 Å². The lowest BCUT2D eigenvalue weighted by atomic mass is 10.2. The summed E-state index contributed by atoms with van der Waals surface area (Å²) in [5, 5.41) is 3.13. The fourth-order valence-electron chi connectivity index (χ4n) is 1.46. The van der Waals surface area contributed by atoms with Crippen molar-refractivity contribution in [1.82, 2.24) is 9.97 Å². The minimum absolute atomic E-state index is 0.0593. The number of nitrogens with one attached hydrogen (secondary N) is 1. The molecule has 0 saturated heterocycles. The first-order chi connectivity index (χ1) is 8.63. The minimum Gasteiger partial charge on any atom is -0.369 e. The van der Waals surface area contributed by atoms with E-state index in [0.717, 1.165) is 4.47 Å². The van der Waals surface area contributed by atoms with Gasteiger partial charge in [0.15, 0.2) is 11.6 Å². The molecule has 1 aromatic carbocycles. The Morgan fingerprint density at radius 1 is 1.44 bits per heavy atom. The van der Waals surface area contributed by atoms with E-state index in [1.807, 2.05) is 6.92 Å². The maximum atomic E-state index is 13.9. The van der Waals surface area contributed by atoms with Crippen molar-refractivity contribution in [3.05, 3.63) is 39.7 Å². The smallest absolute Gasteiger partial charge is 0.164 e. The highest BCUT2D eigenvalue weighted by Crippen LogP contribution is 2.27. The molecule has 0 saturated carbocycles. The van der Waals surface area contributed by atoms with Gasteiger partial charge in [0, 0.05) is 12.7 Å². The van der Waals surface area contributed by atoms with Crippen LogP contribution in [-0.4, -0.2) is 16.5 Å². The van der Waals surface area contributed by atoms with Gasteiger partial charge >= 0.3 is 0 Å². The number of hydrogen-bond donors (Lipinski definition) is 1. The molecule has 1 N–H and O–H groups in total. The third kappa shape index (κ3) is 2.62. The van der Waals surface area contributed by atoms with E-state index in [-0.39, 0.29) is 10.6 Å². The molecule has 0 aliphatic rings. The maximum absolute atomic E-state index is 13.9. The van der Waals surface area contributed by atoms with Gasteiger partial charge in [0.1, 0.15) is 5.82 Å². The van der Waals surface area contributed by atoms with Crippen LogP contribution in [0.15, 0.2) is 28.9 Å². The summed E-state index contributed by atoms with van der Waals surface area (Å²) in [6.07, 6.45) is 1.58. The molecule has 0 aliphatic heterocycles. The Morgan fingerprint density at radius 2 is 2.22 bits per heavy atom. The second-order valence-corrected chi connectivity index (χ2v) is 4.78. The predicted octanol–water partition coefficient (Wildman–Crippen LogP) is 4.13. The van der Waals surface area contributed by atoms with E-state index in [0.29, 0.717) is 18.2 Å². The molecule has 3 nitrogen and oxygen atoms in total. The maximum Gasteiger partial charge on any atom is 0.164 e. The van der Waals surface area contributed by atoms with Crippen molar-refractivity contribution in [3.8, 4) is 11.4 Å². The van der Waals surface area contributed by atoms with E-state index in [2.05, 4.69) is 31.2 Å². The van der Waals surface area contributed by atoms with E-state index in [1.165, 1.54) is 6.07 Å². The van der Waals surface area contributed by atoms with E-state index in [4.69, 9.17) is 11.6 Å². The number of hydrogen-bond acceptors (Lipinski definition) is 3. The highest BCUT2D eigenvalue weighted by atomic mass is 79.9. The lowest BCUT2D eigenvalue weighted by Crippen LogP contribution is -2.03. The number of benzene rings is 1. The average molecular weight is 331 g/mol. The number of halogens is 3. The fraction of sp³-hybridized carbons (Fsp3) is 0.167. The SMILES string of the molecule is CCNc1nc(-c2cccc(Cl)c2F)ncc1Br. The second-order valence-electron chi connectivity index (χ2n) is 3.52. The molecule has 0 fully saturated rings. The molecule has 0 amide bonds. The van der Waals surface area contributed by atoms with Gasteiger partial charge in [-0.2, -0.15) is 0 Å². The van der Waals surface area contributed by atoms with Gasteiger partial charge in [0.05, 0.1) is 15.1 Å². The van der Waals surface area contributed by atoms with Crippen molar-refractivity contribution in [2.45, 2.75) is 6.92 Å². The van der Waals surface area contributed by atoms with Crippen LogP contribution in [0.25, 0.3) is 11.4 Å². The Kier molecular flexibility index (Phi) is 4.14. The number of rotatable bonds is 3. The van der Waals surface area contributed by atoms with E-state index >= 15 is 0 Å². The Balaban J connectivity index is 2.51. The van der Waals surface area contributed by atoms with Crippen LogP contribution in [0.1, 0.15) is 6.92 Å². The van der Waals surface area contributed by atoms with Crippen LogP contribution in [-0.2, 0) is 0 Å². The van der Waals surface area contributed by atoms with Crippen LogP contribution in [0.5, 0.6) is 0 Å². The highest BCUT2D eigenvalue weighted by molar-refractivity contribution is 9.10. The standard InChI is InChI=1S/C12H10BrClFN3/c1-2-16-12-8(13)6-17-11(18-12)7-4-3-5-9(14)10(7)15/h3-6H,2H2,1H3,(H,16,17,18). The molecule has 18 heavy (non-hydrogen) atoms. The topological polar surface area (TPSA) is 37.8 Å². The van der Waals surface area contributed by atoms with Gasteiger partial charge < -0.3 is 5.32 Å². The Labute approximate surface area is 118 Å². The second kappa shape index (κ2) is 5.63. The summed E-state index contributed by atoms with van der Waals surface area (Å²) in [7, 11) is 0. The molecule has 1 heterocycles. The van der Waals surface area contributed by atoms with E-state index in [9.17, 15) is 4.39 Å². The van der Waals surface area contributed by atoms with Crippen molar-refractivity contribution < 1.29 is 4.39 Å². The lowest BCUT2D eigenvalue weighted by molar-refractivity contribution is 0.630. The van der Waals surface area contributed by atoms with Crippen LogP contribution in [0.2, 0.25) is 5.02 Å². The summed E-state index contributed by atoms with van der Waals surface area (Å²) in [6.45, 7) is 2.67. The third-order valence-electron chi connectivity index (χ3n) is 2.28. The molecular weight excluding hydrogens is 321 g/mol. The van der Waals surface area contributed by atoms with E-state index < -0.39 is 5.82 Å². The minimum atomic E-state index is -0.510. The van der Waals surface area contributed by atoms with Gasteiger partial charge in [-0.3, -0.25) is 0 Å². The zero-order valence-corrected chi connectivity index (χ0v) is 11.9. The average Bonchev–Trinajstić information content (AvgIpc) is 2.36. The molecular formula is C12H10BrClFN3. The normalized spacial score (nSPS) is 10.4. The summed E-state index contributed by atoms with van der Waals surface area (Å²) in [6, 6.07) is 4.75. The molecule has 0 aliphatic carbocycles. The van der Waals surface area contributed by atoms with Gasteiger partial charge in [-0.05, 0) is 35.0 Å². The number of aromatic nitrogens is 2. The van der Waals surface area contributed by atoms with Crippen LogP contribution in [0.3, 0.4) is 0 Å². The largest absolute Gasteiger partial charge is 0.369 e. The first-order valence-corrected chi connectivity index (χ1v) is 6.51. The summed E-state index contributed by atoms with van der Waals surface area (Å²) >= 11 is 9.07. The van der Waals surface area contributed by atoms with E-state index in [1.54, 1.807) is 18.3 Å². The molecule has 0 radical (unpaired) electrons. The van der Waals surface area contributed by atoms with Gasteiger partial charge in [-0.15, -0.1) is 0 Å². The summed E-state index contributed by atoms with van der Waals surface area (Å²) < 4.78 is 14.6. The summed E-state index contributed by atoms with van der Waals surface area (Å²) in [4.78, 5) is 8.36. The molecule has 1 aromatic heterocycles. The van der Waals surface area contributed by atoms with Gasteiger partial charge in [0.25, 0.3) is 0 Å². The predicted molar refractivity (Wildman–Crippen MR) is 74.3 cm³/mol. The van der Waals surface area contributed by atoms with Crippen molar-refractivity contribution in [2.75, 3.05) is 11.9 Å². The quantitative estimate of drug-likeness (QED) is 0.919. The molecule has 2 rings (SSSR count). The Morgan fingerprint density at radius 3 is 2.94 bits per heavy atom. The monoisotopic (exact) mass is 329 g/mol. The Hall–Kier alpha value is -1.20. The number of nitrogens with zero attached hydrogens (tertiary/aromatic N) is 2. The molecule has 0 unspecified atom stereocenters. The first-order valence-electron chi connectivity index (χ1n) is 5.34. The zero-order chi connectivity index (χ0) is 13.1. The van der Waals surface area contributed by atoms with Crippen molar-refractivity contribution in [1.29, 1.82) is 0 Å². The fourth-order valence-corrected chi connectivity index (χ4v) is 1.97. The van der Waals surface area contributed by atoms with Crippen molar-refractivity contribution in [3.63, 3.8) is 0 Å². The molecule has 6 heteroatoms. The van der Waals surface area contributed by atoms with Crippen molar-refractivity contribution >= 4 is 33.3 Å². The summed E-state index contributed by atoms with van der Waals surface area (Å²) in [5.74, 6) is 0.417. The molecule has 0 bridgehead atoms. The number of anilines is 1. The molecule has 0 spiro atoms. The molecule has 94 valence electrons. The first kappa shape index (κ1) is 13.2. The van der Waals surface area contributed by atoms with Crippen molar-refractivity contribution in [2.24, 2.45) is 0 Å². The lowest BCUT2D eigenvalue weighted by Gasteiger charge is -2.08. The van der Waals surface area contributed by atoms with Crippen LogP contribution in [0.4, 0.5) is 10.2 Å². The summed E-state index contributed by atoms with van der Waals surface area (Å²) in [5.41, 5.74) is 0.286. The Bertz CT molecular complexity index is 577. The highest BCUT2D eigenvalue weighted by Gasteiger charge is 2.12. The van der Waals surface area contributed by atoms with Gasteiger partial charge in [-0.1, -0.05) is 17.7 Å². The third-order valence-corrected chi connectivity index (χ3v) is 3.15.